The molecule has 1 saturated carbocycles. The van der Waals surface area contributed by atoms with Crippen molar-refractivity contribution >= 4 is 17.9 Å². The molecule has 0 spiro atoms. The van der Waals surface area contributed by atoms with Gasteiger partial charge in [0.2, 0.25) is 0 Å². The van der Waals surface area contributed by atoms with Crippen LogP contribution in [0.5, 0.6) is 0 Å². The van der Waals surface area contributed by atoms with E-state index in [2.05, 4.69) is 19.2 Å². The highest BCUT2D eigenvalue weighted by atomic mass is 16.6. The summed E-state index contributed by atoms with van der Waals surface area (Å²) < 4.78 is 16.5. The molecule has 1 saturated heterocycles. The molecule has 3 rings (SSSR count). The molecule has 5 unspecified atom stereocenters. The van der Waals surface area contributed by atoms with E-state index in [0.717, 1.165) is 29.7 Å². The minimum atomic E-state index is -0.922. The van der Waals surface area contributed by atoms with Crippen LogP contribution in [0, 0.1) is 17.8 Å². The van der Waals surface area contributed by atoms with E-state index >= 15 is 0 Å². The van der Waals surface area contributed by atoms with Crippen molar-refractivity contribution in [3.8, 4) is 0 Å². The maximum Gasteiger partial charge on any atom is 0.337 e. The van der Waals surface area contributed by atoms with Gasteiger partial charge >= 0.3 is 17.9 Å². The number of hydrogen-bond donors (Lipinski definition) is 3. The average Bonchev–Trinajstić information content (AvgIpc) is 3.29. The second-order valence-electron chi connectivity index (χ2n) is 8.60. The van der Waals surface area contributed by atoms with Crippen molar-refractivity contribution < 1.29 is 43.9 Å². The molecule has 0 radical (unpaired) electrons. The molecule has 9 nitrogen and oxygen atoms in total. The third-order valence-corrected chi connectivity index (χ3v) is 6.64. The first kappa shape index (κ1) is 25.6. The van der Waals surface area contributed by atoms with Crippen LogP contribution in [0.2, 0.25) is 0 Å². The molecule has 0 aromatic heterocycles. The molecule has 9 heteroatoms. The molecule has 0 amide bonds. The Kier molecular flexibility index (Phi) is 8.24. The van der Waals surface area contributed by atoms with Crippen molar-refractivity contribution in [2.24, 2.45) is 17.8 Å². The number of ether oxygens (including phenoxy) is 3. The van der Waals surface area contributed by atoms with Crippen molar-refractivity contribution in [1.29, 1.82) is 0 Å². The second-order valence-corrected chi connectivity index (χ2v) is 8.60. The van der Waals surface area contributed by atoms with Gasteiger partial charge in [0.15, 0.2) is 0 Å². The summed E-state index contributed by atoms with van der Waals surface area (Å²) in [6.07, 6.45) is 4.13. The zero-order valence-electron chi connectivity index (χ0n) is 19.1. The largest absolute Gasteiger partial charge is 0.458 e. The van der Waals surface area contributed by atoms with Gasteiger partial charge in [0, 0.05) is 17.9 Å². The van der Waals surface area contributed by atoms with Gasteiger partial charge in [0.1, 0.15) is 18.8 Å². The lowest BCUT2D eigenvalue weighted by Gasteiger charge is -2.28. The van der Waals surface area contributed by atoms with Crippen LogP contribution in [-0.4, -0.2) is 71.9 Å². The smallest absolute Gasteiger partial charge is 0.337 e. The summed E-state index contributed by atoms with van der Waals surface area (Å²) in [6, 6.07) is 0. The molecule has 2 aliphatic carbocycles. The van der Waals surface area contributed by atoms with Gasteiger partial charge in [-0.05, 0) is 31.4 Å². The maximum absolute atomic E-state index is 13.0. The second kappa shape index (κ2) is 10.9. The fourth-order valence-electron chi connectivity index (χ4n) is 4.90. The highest BCUT2D eigenvalue weighted by Crippen LogP contribution is 2.51. The molecule has 2 fully saturated rings. The molecule has 1 heterocycles. The standard InChI is InChI=1S/C25H30O9/c1-13-4-5-18-14(2)10-19(21-15(3)23(29)34-22(21)20(13)18)33-25(31)17(7-9-27)12-32-24(30)16(11-28)6-8-26/h4,6-7,18-22,26-28H,2-3,5,8-12H2,1H3. The van der Waals surface area contributed by atoms with Crippen LogP contribution in [-0.2, 0) is 28.6 Å². The van der Waals surface area contributed by atoms with Crippen LogP contribution in [0.3, 0.4) is 0 Å². The Hall–Kier alpha value is -3.01. The molecular formula is C25H30O9. The third-order valence-electron chi connectivity index (χ3n) is 6.64. The summed E-state index contributed by atoms with van der Waals surface area (Å²) in [5.41, 5.74) is 1.93. The van der Waals surface area contributed by atoms with Gasteiger partial charge in [-0.1, -0.05) is 30.4 Å². The minimum absolute atomic E-state index is 0.0620. The first-order valence-corrected chi connectivity index (χ1v) is 11.1. The molecule has 0 bridgehead atoms. The van der Waals surface area contributed by atoms with E-state index in [0.29, 0.717) is 6.42 Å². The molecule has 3 aliphatic rings. The summed E-state index contributed by atoms with van der Waals surface area (Å²) >= 11 is 0. The number of aliphatic hydroxyl groups is 3. The first-order valence-electron chi connectivity index (χ1n) is 11.1. The van der Waals surface area contributed by atoms with Gasteiger partial charge in [0.25, 0.3) is 0 Å². The van der Waals surface area contributed by atoms with Crippen molar-refractivity contribution in [3.63, 3.8) is 0 Å². The fraction of sp³-hybridized carbons (Fsp3) is 0.480. The van der Waals surface area contributed by atoms with Gasteiger partial charge in [-0.3, -0.25) is 0 Å². The average molecular weight is 475 g/mol. The minimum Gasteiger partial charge on any atom is -0.458 e. The quantitative estimate of drug-likeness (QED) is 0.203. The molecule has 0 aromatic rings. The van der Waals surface area contributed by atoms with Gasteiger partial charge in [-0.2, -0.15) is 0 Å². The van der Waals surface area contributed by atoms with Gasteiger partial charge in [-0.25, -0.2) is 14.4 Å². The third kappa shape index (κ3) is 5.06. The summed E-state index contributed by atoms with van der Waals surface area (Å²) in [6.45, 7) is 7.91. The lowest BCUT2D eigenvalue weighted by atomic mass is 9.80. The van der Waals surface area contributed by atoms with Crippen molar-refractivity contribution in [3.05, 3.63) is 59.3 Å². The predicted molar refractivity (Wildman–Crippen MR) is 120 cm³/mol. The zero-order valence-corrected chi connectivity index (χ0v) is 19.1. The molecule has 184 valence electrons. The maximum atomic E-state index is 13.0. The Labute approximate surface area is 197 Å². The topological polar surface area (TPSA) is 140 Å². The van der Waals surface area contributed by atoms with E-state index in [-0.39, 0.29) is 28.6 Å². The van der Waals surface area contributed by atoms with E-state index in [1.807, 2.05) is 6.92 Å². The Morgan fingerprint density at radius 1 is 1.12 bits per heavy atom. The Balaban J connectivity index is 1.79. The van der Waals surface area contributed by atoms with Crippen LogP contribution in [0.1, 0.15) is 19.8 Å². The lowest BCUT2D eigenvalue weighted by molar-refractivity contribution is -0.149. The number of aliphatic hydroxyl groups excluding tert-OH is 3. The van der Waals surface area contributed by atoms with Crippen LogP contribution >= 0.6 is 0 Å². The number of rotatable bonds is 8. The fourth-order valence-corrected chi connectivity index (χ4v) is 4.90. The van der Waals surface area contributed by atoms with E-state index in [1.165, 1.54) is 0 Å². The molecule has 1 aliphatic heterocycles. The molecule has 3 N–H and O–H groups in total. The predicted octanol–water partition coefficient (Wildman–Crippen LogP) is 0.911. The van der Waals surface area contributed by atoms with E-state index in [4.69, 9.17) is 19.3 Å². The van der Waals surface area contributed by atoms with Gasteiger partial charge < -0.3 is 29.5 Å². The Bertz CT molecular complexity index is 971. The molecule has 0 aromatic carbocycles. The Morgan fingerprint density at radius 3 is 2.44 bits per heavy atom. The van der Waals surface area contributed by atoms with Crippen LogP contribution in [0.4, 0.5) is 0 Å². The van der Waals surface area contributed by atoms with Crippen LogP contribution in [0.25, 0.3) is 0 Å². The number of allylic oxidation sites excluding steroid dienone is 1. The van der Waals surface area contributed by atoms with E-state index in [9.17, 15) is 24.6 Å². The Morgan fingerprint density at radius 2 is 1.79 bits per heavy atom. The highest BCUT2D eigenvalue weighted by Gasteiger charge is 2.54. The van der Waals surface area contributed by atoms with Crippen LogP contribution < -0.4 is 0 Å². The summed E-state index contributed by atoms with van der Waals surface area (Å²) in [4.78, 5) is 37.4. The normalized spacial score (nSPS) is 29.1. The van der Waals surface area contributed by atoms with E-state index < -0.39 is 62.5 Å². The van der Waals surface area contributed by atoms with Crippen molar-refractivity contribution in [1.82, 2.24) is 0 Å². The molecular weight excluding hydrogens is 444 g/mol. The first-order chi connectivity index (χ1) is 16.2. The van der Waals surface area contributed by atoms with Gasteiger partial charge in [-0.15, -0.1) is 0 Å². The molecule has 5 atom stereocenters. The van der Waals surface area contributed by atoms with Gasteiger partial charge in [0.05, 0.1) is 36.9 Å². The number of hydrogen-bond acceptors (Lipinski definition) is 9. The summed E-state index contributed by atoms with van der Waals surface area (Å²) in [7, 11) is 0. The summed E-state index contributed by atoms with van der Waals surface area (Å²) in [5.74, 6) is -2.83. The van der Waals surface area contributed by atoms with Crippen molar-refractivity contribution in [2.75, 3.05) is 26.4 Å². The van der Waals surface area contributed by atoms with Crippen molar-refractivity contribution in [2.45, 2.75) is 32.0 Å². The molecule has 34 heavy (non-hydrogen) atoms. The zero-order chi connectivity index (χ0) is 25.0. The number of carbonyl (C=O) groups is 3. The highest BCUT2D eigenvalue weighted by molar-refractivity contribution is 5.93. The number of fused-ring (bicyclic) bond motifs is 3. The lowest BCUT2D eigenvalue weighted by Crippen LogP contribution is -2.36. The summed E-state index contributed by atoms with van der Waals surface area (Å²) in [5, 5.41) is 27.5. The van der Waals surface area contributed by atoms with Crippen LogP contribution in [0.15, 0.2) is 59.3 Å². The monoisotopic (exact) mass is 474 g/mol. The van der Waals surface area contributed by atoms with E-state index in [1.54, 1.807) is 0 Å². The number of esters is 3. The SMILES string of the molecule is C=C1CC(OC(=O)C(=CCO)COC(=O)C(=CCO)CO)C2C(=C)C(=O)OC2C2C(C)=CCC12. The number of carbonyl (C=O) groups excluding carboxylic acids is 3.